The van der Waals surface area contributed by atoms with Crippen LogP contribution in [0.5, 0.6) is 0 Å². The van der Waals surface area contributed by atoms with Gasteiger partial charge in [0.2, 0.25) is 0 Å². The summed E-state index contributed by atoms with van der Waals surface area (Å²) in [6.45, 7) is 0.602. The molecule has 1 unspecified atom stereocenters. The van der Waals surface area contributed by atoms with Crippen LogP contribution in [0.4, 0.5) is 0 Å². The molecule has 0 spiro atoms. The Bertz CT molecular complexity index is 305. The first-order valence-corrected chi connectivity index (χ1v) is 5.36. The van der Waals surface area contributed by atoms with Crippen LogP contribution in [0, 0.1) is 5.92 Å². The van der Waals surface area contributed by atoms with Gasteiger partial charge in [0.05, 0.1) is 0 Å². The lowest BCUT2D eigenvalue weighted by atomic mass is 9.77. The zero-order chi connectivity index (χ0) is 9.97. The summed E-state index contributed by atoms with van der Waals surface area (Å²) in [5.74, 6) is 0.697. The second-order valence-corrected chi connectivity index (χ2v) is 4.17. The van der Waals surface area contributed by atoms with E-state index < -0.39 is 0 Å². The second kappa shape index (κ2) is 4.11. The van der Waals surface area contributed by atoms with Crippen molar-refractivity contribution in [1.82, 2.24) is 0 Å². The molecule has 1 fully saturated rings. The van der Waals surface area contributed by atoms with Gasteiger partial charge in [-0.05, 0) is 29.9 Å². The van der Waals surface area contributed by atoms with Crippen LogP contribution in [-0.4, -0.2) is 0 Å². The van der Waals surface area contributed by atoms with E-state index in [1.54, 1.807) is 0 Å². The minimum atomic E-state index is 0.218. The van der Waals surface area contributed by atoms with Crippen molar-refractivity contribution in [2.75, 3.05) is 0 Å². The maximum absolute atomic E-state index is 6.18. The van der Waals surface area contributed by atoms with E-state index in [1.165, 1.54) is 30.4 Å². The minimum Gasteiger partial charge on any atom is -0.326 e. The second-order valence-electron chi connectivity index (χ2n) is 4.17. The van der Waals surface area contributed by atoms with Gasteiger partial charge in [-0.25, -0.2) is 0 Å². The van der Waals surface area contributed by atoms with Crippen molar-refractivity contribution in [3.8, 4) is 0 Å². The molecule has 1 saturated carbocycles. The van der Waals surface area contributed by atoms with Crippen molar-refractivity contribution in [2.45, 2.75) is 31.8 Å². The molecule has 0 saturated heterocycles. The van der Waals surface area contributed by atoms with Crippen molar-refractivity contribution >= 4 is 0 Å². The topological polar surface area (TPSA) is 52.0 Å². The molecule has 0 amide bonds. The first kappa shape index (κ1) is 9.69. The highest BCUT2D eigenvalue weighted by molar-refractivity contribution is 5.26. The summed E-state index contributed by atoms with van der Waals surface area (Å²) in [4.78, 5) is 0. The van der Waals surface area contributed by atoms with Crippen molar-refractivity contribution < 1.29 is 0 Å². The molecule has 1 atom stereocenters. The molecule has 0 bridgehead atoms. The molecule has 0 radical (unpaired) electrons. The lowest BCUT2D eigenvalue weighted by molar-refractivity contribution is 0.264. The van der Waals surface area contributed by atoms with Crippen LogP contribution in [0.15, 0.2) is 24.3 Å². The highest BCUT2D eigenvalue weighted by Gasteiger charge is 2.25. The summed E-state index contributed by atoms with van der Waals surface area (Å²) in [6.07, 6.45) is 3.91. The molecule has 0 aliphatic heterocycles. The van der Waals surface area contributed by atoms with Gasteiger partial charge in [0, 0.05) is 12.6 Å². The Balaban J connectivity index is 2.13. The van der Waals surface area contributed by atoms with E-state index >= 15 is 0 Å². The van der Waals surface area contributed by atoms with Crippen molar-refractivity contribution in [3.05, 3.63) is 35.4 Å². The molecule has 0 heterocycles. The number of hydrogen-bond donors (Lipinski definition) is 2. The van der Waals surface area contributed by atoms with Crippen LogP contribution in [0.25, 0.3) is 0 Å². The van der Waals surface area contributed by atoms with E-state index in [-0.39, 0.29) is 6.04 Å². The normalized spacial score (nSPS) is 19.0. The van der Waals surface area contributed by atoms with Crippen molar-refractivity contribution in [3.63, 3.8) is 0 Å². The van der Waals surface area contributed by atoms with Crippen LogP contribution < -0.4 is 11.5 Å². The molecule has 1 aliphatic rings. The Kier molecular flexibility index (Phi) is 2.85. The smallest absolute Gasteiger partial charge is 0.0323 e. The van der Waals surface area contributed by atoms with Gasteiger partial charge < -0.3 is 11.5 Å². The predicted octanol–water partition coefficient (Wildman–Crippen LogP) is 1.95. The maximum atomic E-state index is 6.18. The SMILES string of the molecule is NCc1cccc(C(N)C2CCC2)c1. The summed E-state index contributed by atoms with van der Waals surface area (Å²) in [7, 11) is 0. The van der Waals surface area contributed by atoms with Crippen LogP contribution >= 0.6 is 0 Å². The van der Waals surface area contributed by atoms with Crippen molar-refractivity contribution in [2.24, 2.45) is 17.4 Å². The summed E-state index contributed by atoms with van der Waals surface area (Å²) in [5.41, 5.74) is 14.2. The zero-order valence-corrected chi connectivity index (χ0v) is 8.45. The molecule has 1 aliphatic carbocycles. The Hall–Kier alpha value is -0.860. The Morgan fingerprint density at radius 3 is 2.71 bits per heavy atom. The largest absolute Gasteiger partial charge is 0.326 e. The van der Waals surface area contributed by atoms with Gasteiger partial charge in [0.15, 0.2) is 0 Å². The fraction of sp³-hybridized carbons (Fsp3) is 0.500. The van der Waals surface area contributed by atoms with E-state index in [2.05, 4.69) is 24.3 Å². The molecular formula is C12H18N2. The molecule has 14 heavy (non-hydrogen) atoms. The molecule has 2 rings (SSSR count). The van der Waals surface area contributed by atoms with Gasteiger partial charge in [0.1, 0.15) is 0 Å². The first-order valence-electron chi connectivity index (χ1n) is 5.36. The third-order valence-corrected chi connectivity index (χ3v) is 3.23. The van der Waals surface area contributed by atoms with Crippen LogP contribution in [0.1, 0.15) is 36.4 Å². The summed E-state index contributed by atoms with van der Waals surface area (Å²) < 4.78 is 0. The molecular weight excluding hydrogens is 172 g/mol. The van der Waals surface area contributed by atoms with Gasteiger partial charge in [-0.3, -0.25) is 0 Å². The zero-order valence-electron chi connectivity index (χ0n) is 8.45. The Morgan fingerprint density at radius 2 is 2.14 bits per heavy atom. The standard InChI is InChI=1S/C12H18N2/c13-8-9-3-1-6-11(7-9)12(14)10-4-2-5-10/h1,3,6-7,10,12H,2,4-5,8,13-14H2. The van der Waals surface area contributed by atoms with E-state index in [0.717, 1.165) is 0 Å². The van der Waals surface area contributed by atoms with Crippen LogP contribution in [-0.2, 0) is 6.54 Å². The molecule has 0 aromatic heterocycles. The fourth-order valence-corrected chi connectivity index (χ4v) is 2.00. The quantitative estimate of drug-likeness (QED) is 0.765. The first-order chi connectivity index (χ1) is 6.81. The van der Waals surface area contributed by atoms with Gasteiger partial charge in [-0.15, -0.1) is 0 Å². The molecule has 2 heteroatoms. The number of rotatable bonds is 3. The van der Waals surface area contributed by atoms with Gasteiger partial charge in [-0.2, -0.15) is 0 Å². The molecule has 1 aromatic carbocycles. The van der Waals surface area contributed by atoms with Gasteiger partial charge in [0.25, 0.3) is 0 Å². The monoisotopic (exact) mass is 190 g/mol. The van der Waals surface area contributed by atoms with E-state index in [4.69, 9.17) is 11.5 Å². The average molecular weight is 190 g/mol. The van der Waals surface area contributed by atoms with E-state index in [0.29, 0.717) is 12.5 Å². The van der Waals surface area contributed by atoms with E-state index in [1.807, 2.05) is 0 Å². The van der Waals surface area contributed by atoms with Crippen molar-refractivity contribution in [1.29, 1.82) is 0 Å². The number of nitrogens with two attached hydrogens (primary N) is 2. The Labute approximate surface area is 85.3 Å². The lowest BCUT2D eigenvalue weighted by Crippen LogP contribution is -2.26. The third kappa shape index (κ3) is 1.81. The van der Waals surface area contributed by atoms with Gasteiger partial charge in [-0.1, -0.05) is 30.7 Å². The van der Waals surface area contributed by atoms with Gasteiger partial charge >= 0.3 is 0 Å². The van der Waals surface area contributed by atoms with Crippen LogP contribution in [0.3, 0.4) is 0 Å². The van der Waals surface area contributed by atoms with E-state index in [9.17, 15) is 0 Å². The minimum absolute atomic E-state index is 0.218. The lowest BCUT2D eigenvalue weighted by Gasteiger charge is -2.31. The predicted molar refractivity (Wildman–Crippen MR) is 58.6 cm³/mol. The van der Waals surface area contributed by atoms with Crippen LogP contribution in [0.2, 0.25) is 0 Å². The molecule has 4 N–H and O–H groups in total. The molecule has 2 nitrogen and oxygen atoms in total. The highest BCUT2D eigenvalue weighted by atomic mass is 14.7. The maximum Gasteiger partial charge on any atom is 0.0323 e. The molecule has 1 aromatic rings. The number of hydrogen-bond acceptors (Lipinski definition) is 2. The number of benzene rings is 1. The summed E-state index contributed by atoms with van der Waals surface area (Å²) >= 11 is 0. The highest BCUT2D eigenvalue weighted by Crippen LogP contribution is 2.36. The third-order valence-electron chi connectivity index (χ3n) is 3.23. The summed E-state index contributed by atoms with van der Waals surface area (Å²) in [6, 6.07) is 8.58. The fourth-order valence-electron chi connectivity index (χ4n) is 2.00. The average Bonchev–Trinajstić information content (AvgIpc) is 2.15. The summed E-state index contributed by atoms with van der Waals surface area (Å²) in [5, 5.41) is 0. The Morgan fingerprint density at radius 1 is 1.36 bits per heavy atom. The molecule has 76 valence electrons.